The first-order valence-corrected chi connectivity index (χ1v) is 7.44. The fraction of sp³-hybridized carbons (Fsp3) is 0.625. The van der Waals surface area contributed by atoms with Crippen molar-refractivity contribution < 1.29 is 9.47 Å². The van der Waals surface area contributed by atoms with Gasteiger partial charge in [0.25, 0.3) is 0 Å². The van der Waals surface area contributed by atoms with E-state index in [9.17, 15) is 0 Å². The highest BCUT2D eigenvalue weighted by Gasteiger charge is 2.18. The van der Waals surface area contributed by atoms with Gasteiger partial charge in [-0.2, -0.15) is 0 Å². The zero-order valence-corrected chi connectivity index (χ0v) is 12.5. The van der Waals surface area contributed by atoms with Crippen molar-refractivity contribution in [2.75, 3.05) is 13.7 Å². The largest absolute Gasteiger partial charge is 0.496 e. The summed E-state index contributed by atoms with van der Waals surface area (Å²) >= 11 is 0. The molecule has 0 radical (unpaired) electrons. The Balaban J connectivity index is 1.92. The van der Waals surface area contributed by atoms with E-state index in [-0.39, 0.29) is 6.04 Å². The molecule has 1 saturated heterocycles. The summed E-state index contributed by atoms with van der Waals surface area (Å²) in [4.78, 5) is 0. The quantitative estimate of drug-likeness (QED) is 0.594. The Kier molecular flexibility index (Phi) is 5.83. The van der Waals surface area contributed by atoms with Crippen molar-refractivity contribution in [1.29, 1.82) is 0 Å². The van der Waals surface area contributed by atoms with Crippen molar-refractivity contribution in [2.24, 2.45) is 5.84 Å². The normalized spacial score (nSPS) is 20.1. The number of hydrogen-bond donors (Lipinski definition) is 2. The maximum Gasteiger partial charge on any atom is 0.122 e. The van der Waals surface area contributed by atoms with Gasteiger partial charge in [-0.1, -0.05) is 17.7 Å². The van der Waals surface area contributed by atoms with Gasteiger partial charge in [-0.05, 0) is 50.7 Å². The zero-order chi connectivity index (χ0) is 14.4. The van der Waals surface area contributed by atoms with Crippen LogP contribution in [0.15, 0.2) is 18.2 Å². The third kappa shape index (κ3) is 4.20. The van der Waals surface area contributed by atoms with Crippen molar-refractivity contribution >= 4 is 0 Å². The van der Waals surface area contributed by atoms with E-state index in [1.54, 1.807) is 7.11 Å². The third-order valence-electron chi connectivity index (χ3n) is 4.00. The molecule has 0 amide bonds. The van der Waals surface area contributed by atoms with Crippen LogP contribution in [0.5, 0.6) is 5.75 Å². The van der Waals surface area contributed by atoms with Crippen LogP contribution in [0, 0.1) is 6.92 Å². The lowest BCUT2D eigenvalue weighted by Gasteiger charge is -2.19. The molecule has 0 bridgehead atoms. The number of benzene rings is 1. The Morgan fingerprint density at radius 1 is 1.50 bits per heavy atom. The molecule has 1 aromatic rings. The molecule has 0 saturated carbocycles. The second-order valence-electron chi connectivity index (χ2n) is 5.60. The van der Waals surface area contributed by atoms with Crippen LogP contribution < -0.4 is 16.0 Å². The minimum Gasteiger partial charge on any atom is -0.496 e. The Hall–Kier alpha value is -1.10. The number of aryl methyl sites for hydroxylation is 1. The molecule has 1 heterocycles. The molecule has 1 aliphatic heterocycles. The van der Waals surface area contributed by atoms with E-state index in [1.807, 2.05) is 6.07 Å². The highest BCUT2D eigenvalue weighted by atomic mass is 16.5. The molecule has 1 aliphatic rings. The number of hydrazine groups is 1. The lowest BCUT2D eigenvalue weighted by Crippen LogP contribution is -2.37. The molecule has 112 valence electrons. The van der Waals surface area contributed by atoms with Crippen molar-refractivity contribution in [3.05, 3.63) is 29.3 Å². The average Bonchev–Trinajstić information content (AvgIpc) is 2.97. The van der Waals surface area contributed by atoms with Gasteiger partial charge >= 0.3 is 0 Å². The van der Waals surface area contributed by atoms with Crippen molar-refractivity contribution in [3.63, 3.8) is 0 Å². The van der Waals surface area contributed by atoms with Gasteiger partial charge in [-0.25, -0.2) is 0 Å². The first-order valence-electron chi connectivity index (χ1n) is 7.44. The van der Waals surface area contributed by atoms with Crippen LogP contribution in [-0.2, 0) is 11.2 Å². The highest BCUT2D eigenvalue weighted by molar-refractivity contribution is 5.37. The third-order valence-corrected chi connectivity index (χ3v) is 4.00. The summed E-state index contributed by atoms with van der Waals surface area (Å²) in [6.45, 7) is 3.01. The van der Waals surface area contributed by atoms with Crippen LogP contribution in [0.1, 0.15) is 36.8 Å². The van der Waals surface area contributed by atoms with Crippen LogP contribution in [0.3, 0.4) is 0 Å². The van der Waals surface area contributed by atoms with Crippen LogP contribution in [-0.4, -0.2) is 25.9 Å². The van der Waals surface area contributed by atoms with Crippen molar-refractivity contribution in [2.45, 2.75) is 51.2 Å². The van der Waals surface area contributed by atoms with E-state index >= 15 is 0 Å². The molecular formula is C16H26N2O2. The predicted octanol–water partition coefficient (Wildman–Crippen LogP) is 2.34. The Labute approximate surface area is 121 Å². The van der Waals surface area contributed by atoms with E-state index < -0.39 is 0 Å². The summed E-state index contributed by atoms with van der Waals surface area (Å²) in [5, 5.41) is 0. The van der Waals surface area contributed by atoms with Crippen LogP contribution in [0.2, 0.25) is 0 Å². The molecule has 4 heteroatoms. The molecule has 1 fully saturated rings. The molecule has 0 spiro atoms. The lowest BCUT2D eigenvalue weighted by atomic mass is 9.98. The van der Waals surface area contributed by atoms with Gasteiger partial charge in [0.1, 0.15) is 5.75 Å². The molecule has 2 rings (SSSR count). The predicted molar refractivity (Wildman–Crippen MR) is 80.8 cm³/mol. The average molecular weight is 278 g/mol. The lowest BCUT2D eigenvalue weighted by molar-refractivity contribution is 0.0995. The molecule has 2 unspecified atom stereocenters. The van der Waals surface area contributed by atoms with Crippen LogP contribution >= 0.6 is 0 Å². The Morgan fingerprint density at radius 2 is 2.35 bits per heavy atom. The maximum absolute atomic E-state index is 5.70. The molecule has 2 atom stereocenters. The highest BCUT2D eigenvalue weighted by Crippen LogP contribution is 2.23. The summed E-state index contributed by atoms with van der Waals surface area (Å²) in [6, 6.07) is 6.53. The Morgan fingerprint density at radius 3 is 3.00 bits per heavy atom. The zero-order valence-electron chi connectivity index (χ0n) is 12.5. The van der Waals surface area contributed by atoms with Crippen LogP contribution in [0.4, 0.5) is 0 Å². The molecule has 20 heavy (non-hydrogen) atoms. The van der Waals surface area contributed by atoms with Crippen molar-refractivity contribution in [1.82, 2.24) is 5.43 Å². The standard InChI is InChI=1S/C16H26N2O2/c1-12-5-8-16(19-2)13(10-12)11-14(18-17)6-7-15-4-3-9-20-15/h5,8,10,14-15,18H,3-4,6-7,9,11,17H2,1-2H3. The number of nitrogens with one attached hydrogen (secondary N) is 1. The smallest absolute Gasteiger partial charge is 0.122 e. The number of ether oxygens (including phenoxy) is 2. The summed E-state index contributed by atoms with van der Waals surface area (Å²) in [7, 11) is 1.71. The molecular weight excluding hydrogens is 252 g/mol. The topological polar surface area (TPSA) is 56.5 Å². The van der Waals surface area contributed by atoms with Gasteiger partial charge < -0.3 is 9.47 Å². The molecule has 1 aromatic carbocycles. The maximum atomic E-state index is 5.70. The number of nitrogens with two attached hydrogens (primary N) is 1. The monoisotopic (exact) mass is 278 g/mol. The van der Waals surface area contributed by atoms with Gasteiger partial charge in [0.15, 0.2) is 0 Å². The van der Waals surface area contributed by atoms with Gasteiger partial charge in [0, 0.05) is 12.6 Å². The SMILES string of the molecule is COc1ccc(C)cc1CC(CCC1CCCO1)NN. The van der Waals surface area contributed by atoms with Gasteiger partial charge in [0.05, 0.1) is 13.2 Å². The van der Waals surface area contributed by atoms with Gasteiger partial charge in [0.2, 0.25) is 0 Å². The van der Waals surface area contributed by atoms with Gasteiger partial charge in [-0.15, -0.1) is 0 Å². The minimum atomic E-state index is 0.259. The first kappa shape index (κ1) is 15.3. The number of hydrogen-bond acceptors (Lipinski definition) is 4. The van der Waals surface area contributed by atoms with E-state index in [0.29, 0.717) is 6.10 Å². The van der Waals surface area contributed by atoms with Gasteiger partial charge in [-0.3, -0.25) is 11.3 Å². The fourth-order valence-electron chi connectivity index (χ4n) is 2.84. The summed E-state index contributed by atoms with van der Waals surface area (Å²) in [5.41, 5.74) is 5.39. The fourth-order valence-corrected chi connectivity index (χ4v) is 2.84. The van der Waals surface area contributed by atoms with Crippen LogP contribution in [0.25, 0.3) is 0 Å². The molecule has 3 N–H and O–H groups in total. The summed E-state index contributed by atoms with van der Waals surface area (Å²) in [5.74, 6) is 6.64. The van der Waals surface area contributed by atoms with E-state index in [0.717, 1.165) is 31.6 Å². The molecule has 0 aromatic heterocycles. The van der Waals surface area contributed by atoms with E-state index in [1.165, 1.54) is 24.0 Å². The molecule has 4 nitrogen and oxygen atoms in total. The number of rotatable bonds is 7. The summed E-state index contributed by atoms with van der Waals surface area (Å²) in [6.07, 6.45) is 5.78. The Bertz CT molecular complexity index is 417. The molecule has 0 aliphatic carbocycles. The minimum absolute atomic E-state index is 0.259. The first-order chi connectivity index (χ1) is 9.72. The van der Waals surface area contributed by atoms with E-state index in [2.05, 4.69) is 24.5 Å². The number of methoxy groups -OCH3 is 1. The summed E-state index contributed by atoms with van der Waals surface area (Å²) < 4.78 is 11.1. The second kappa shape index (κ2) is 7.62. The second-order valence-corrected chi connectivity index (χ2v) is 5.60. The van der Waals surface area contributed by atoms with E-state index in [4.69, 9.17) is 15.3 Å². The van der Waals surface area contributed by atoms with Crippen molar-refractivity contribution in [3.8, 4) is 5.75 Å².